The van der Waals surface area contributed by atoms with Crippen LogP contribution >= 0.6 is 11.8 Å². The molecule has 0 aromatic carbocycles. The number of aromatic nitrogens is 1. The fraction of sp³-hybridized carbons (Fsp3) is 0.467. The molecule has 4 N–H and O–H groups in total. The van der Waals surface area contributed by atoms with Gasteiger partial charge in [0.25, 0.3) is 0 Å². The Kier molecular flexibility index (Phi) is 4.84. The first-order valence-corrected chi connectivity index (χ1v) is 8.37. The molecule has 122 valence electrons. The van der Waals surface area contributed by atoms with E-state index in [0.29, 0.717) is 22.0 Å². The van der Waals surface area contributed by atoms with Crippen molar-refractivity contribution >= 4 is 11.8 Å². The van der Waals surface area contributed by atoms with Crippen molar-refractivity contribution in [1.29, 1.82) is 5.26 Å². The summed E-state index contributed by atoms with van der Waals surface area (Å²) in [7, 11) is 2.06. The Morgan fingerprint density at radius 2 is 2.35 bits per heavy atom. The minimum absolute atomic E-state index is 0.496. The van der Waals surface area contributed by atoms with Gasteiger partial charge in [-0.05, 0) is 24.8 Å². The molecule has 1 aromatic rings. The van der Waals surface area contributed by atoms with Gasteiger partial charge in [-0.25, -0.2) is 10.3 Å². The average molecular weight is 333 g/mol. The molecule has 0 saturated heterocycles. The number of nitriles is 1. The molecule has 7 nitrogen and oxygen atoms in total. The van der Waals surface area contributed by atoms with E-state index in [0.717, 1.165) is 30.8 Å². The largest absolute Gasteiger partial charge is 0.375 e. The second-order valence-electron chi connectivity index (χ2n) is 5.69. The number of likely N-dealkylation sites (N-methyl/N-ethyl adjacent to an activating group) is 1. The molecule has 23 heavy (non-hydrogen) atoms. The van der Waals surface area contributed by atoms with Crippen LogP contribution in [0.5, 0.6) is 0 Å². The Labute approximate surface area is 139 Å². The van der Waals surface area contributed by atoms with E-state index in [4.69, 9.17) is 0 Å². The summed E-state index contributed by atoms with van der Waals surface area (Å²) in [6.45, 7) is 1.78. The van der Waals surface area contributed by atoms with E-state index in [9.17, 15) is 15.5 Å². The number of aliphatic hydroxyl groups excluding tert-OH is 2. The van der Waals surface area contributed by atoms with E-state index in [1.807, 2.05) is 6.07 Å². The third kappa shape index (κ3) is 3.83. The molecular formula is C15H19N5O2S. The number of thioether (sulfide) groups is 1. The lowest BCUT2D eigenvalue weighted by Gasteiger charge is -2.26. The average Bonchev–Trinajstić information content (AvgIpc) is 2.51. The lowest BCUT2D eigenvalue weighted by Crippen LogP contribution is -2.50. The Bertz CT molecular complexity index is 673. The zero-order valence-corrected chi connectivity index (χ0v) is 13.6. The fourth-order valence-corrected chi connectivity index (χ4v) is 3.59. The summed E-state index contributed by atoms with van der Waals surface area (Å²) in [5.41, 5.74) is 3.44. The maximum absolute atomic E-state index is 9.56. The second kappa shape index (κ2) is 6.86. The standard InChI is InChI=1S/C15H19N5O2S/c1-20-3-2-12-10(7-20)4-9(6-16)14(18-12)23-8-11-5-13(21)19-15(22)17-11/h4-5,13,15,17,19,21-22H,2-3,7-8H2,1H3. The zero-order valence-electron chi connectivity index (χ0n) is 12.8. The summed E-state index contributed by atoms with van der Waals surface area (Å²) < 4.78 is 0. The van der Waals surface area contributed by atoms with Gasteiger partial charge < -0.3 is 20.4 Å². The van der Waals surface area contributed by atoms with Crippen LogP contribution < -0.4 is 10.6 Å². The van der Waals surface area contributed by atoms with Crippen molar-refractivity contribution in [2.45, 2.75) is 30.6 Å². The van der Waals surface area contributed by atoms with Gasteiger partial charge in [-0.1, -0.05) is 11.8 Å². The highest BCUT2D eigenvalue weighted by Crippen LogP contribution is 2.27. The van der Waals surface area contributed by atoms with Crippen LogP contribution in [-0.4, -0.2) is 52.0 Å². The number of nitrogens with zero attached hydrogens (tertiary/aromatic N) is 3. The fourth-order valence-electron chi connectivity index (χ4n) is 2.69. The normalized spacial score (nSPS) is 24.3. The first kappa shape index (κ1) is 16.2. The Balaban J connectivity index is 1.76. The lowest BCUT2D eigenvalue weighted by molar-refractivity contribution is 0.0391. The van der Waals surface area contributed by atoms with E-state index in [-0.39, 0.29) is 0 Å². The maximum Gasteiger partial charge on any atom is 0.183 e. The van der Waals surface area contributed by atoms with Crippen molar-refractivity contribution in [2.75, 3.05) is 19.3 Å². The molecule has 0 spiro atoms. The van der Waals surface area contributed by atoms with Crippen molar-refractivity contribution in [1.82, 2.24) is 20.5 Å². The van der Waals surface area contributed by atoms with E-state index in [2.05, 4.69) is 33.6 Å². The molecule has 0 bridgehead atoms. The van der Waals surface area contributed by atoms with Crippen LogP contribution in [0.25, 0.3) is 0 Å². The van der Waals surface area contributed by atoms with E-state index >= 15 is 0 Å². The molecule has 0 fully saturated rings. The predicted molar refractivity (Wildman–Crippen MR) is 86.1 cm³/mol. The van der Waals surface area contributed by atoms with Gasteiger partial charge >= 0.3 is 0 Å². The van der Waals surface area contributed by atoms with Gasteiger partial charge in [-0.2, -0.15) is 5.26 Å². The van der Waals surface area contributed by atoms with Gasteiger partial charge in [0.15, 0.2) is 6.35 Å². The highest BCUT2D eigenvalue weighted by Gasteiger charge is 2.20. The quantitative estimate of drug-likeness (QED) is 0.559. The predicted octanol–water partition coefficient (Wildman–Crippen LogP) is -0.296. The van der Waals surface area contributed by atoms with Crippen LogP contribution in [0.3, 0.4) is 0 Å². The van der Waals surface area contributed by atoms with Gasteiger partial charge in [0, 0.05) is 36.7 Å². The molecular weight excluding hydrogens is 314 g/mol. The topological polar surface area (TPSA) is 104 Å². The number of hydrogen-bond acceptors (Lipinski definition) is 8. The Hall–Kier alpha value is -1.63. The summed E-state index contributed by atoms with van der Waals surface area (Å²) in [4.78, 5) is 6.87. The molecule has 3 rings (SSSR count). The smallest absolute Gasteiger partial charge is 0.183 e. The summed E-state index contributed by atoms with van der Waals surface area (Å²) in [6.07, 6.45) is 0.615. The van der Waals surface area contributed by atoms with Crippen molar-refractivity contribution in [3.05, 3.63) is 34.7 Å². The SMILES string of the molecule is CN1CCc2nc(SCC3=CC(O)NC(O)N3)c(C#N)cc2C1. The number of nitrogens with one attached hydrogen (secondary N) is 2. The number of aliphatic hydroxyl groups is 2. The highest BCUT2D eigenvalue weighted by atomic mass is 32.2. The summed E-state index contributed by atoms with van der Waals surface area (Å²) in [6, 6.07) is 4.14. The number of fused-ring (bicyclic) bond motifs is 1. The number of pyridine rings is 1. The molecule has 1 aromatic heterocycles. The third-order valence-corrected chi connectivity index (χ3v) is 4.86. The first-order valence-electron chi connectivity index (χ1n) is 7.39. The van der Waals surface area contributed by atoms with Gasteiger partial charge in [0.05, 0.1) is 5.56 Å². The number of rotatable bonds is 3. The van der Waals surface area contributed by atoms with Crippen molar-refractivity contribution in [2.24, 2.45) is 0 Å². The molecule has 0 radical (unpaired) electrons. The van der Waals surface area contributed by atoms with E-state index < -0.39 is 12.6 Å². The summed E-state index contributed by atoms with van der Waals surface area (Å²) in [5.74, 6) is 0.496. The Morgan fingerprint density at radius 1 is 1.52 bits per heavy atom. The molecule has 2 aliphatic heterocycles. The van der Waals surface area contributed by atoms with Crippen molar-refractivity contribution in [3.63, 3.8) is 0 Å². The van der Waals surface area contributed by atoms with Crippen LogP contribution in [0, 0.1) is 11.3 Å². The zero-order chi connectivity index (χ0) is 16.4. The van der Waals surface area contributed by atoms with Crippen molar-refractivity contribution in [3.8, 4) is 6.07 Å². The van der Waals surface area contributed by atoms with Gasteiger partial charge in [-0.3, -0.25) is 0 Å². The minimum Gasteiger partial charge on any atom is -0.375 e. The highest BCUT2D eigenvalue weighted by molar-refractivity contribution is 7.99. The first-order chi connectivity index (χ1) is 11.0. The number of hydrogen-bond donors (Lipinski definition) is 4. The van der Waals surface area contributed by atoms with Gasteiger partial charge in [-0.15, -0.1) is 0 Å². The molecule has 0 amide bonds. The molecule has 2 atom stereocenters. The van der Waals surface area contributed by atoms with Crippen LogP contribution in [0.4, 0.5) is 0 Å². The van der Waals surface area contributed by atoms with Crippen LogP contribution in [0.1, 0.15) is 16.8 Å². The Morgan fingerprint density at radius 3 is 3.09 bits per heavy atom. The molecule has 8 heteroatoms. The van der Waals surface area contributed by atoms with E-state index in [1.54, 1.807) is 6.08 Å². The third-order valence-electron chi connectivity index (χ3n) is 3.82. The van der Waals surface area contributed by atoms with E-state index in [1.165, 1.54) is 11.8 Å². The van der Waals surface area contributed by atoms with Crippen LogP contribution in [0.2, 0.25) is 0 Å². The van der Waals surface area contributed by atoms with Crippen LogP contribution in [-0.2, 0) is 13.0 Å². The summed E-state index contributed by atoms with van der Waals surface area (Å²) in [5, 5.41) is 34.5. The maximum atomic E-state index is 9.56. The van der Waals surface area contributed by atoms with Gasteiger partial charge in [0.1, 0.15) is 17.3 Å². The summed E-state index contributed by atoms with van der Waals surface area (Å²) >= 11 is 1.43. The van der Waals surface area contributed by atoms with Gasteiger partial charge in [0.2, 0.25) is 0 Å². The molecule has 0 saturated carbocycles. The lowest BCUT2D eigenvalue weighted by atomic mass is 10.0. The minimum atomic E-state index is -0.979. The molecule has 2 unspecified atom stereocenters. The molecule has 2 aliphatic rings. The van der Waals surface area contributed by atoms with Crippen LogP contribution in [0.15, 0.2) is 22.9 Å². The second-order valence-corrected chi connectivity index (χ2v) is 6.65. The van der Waals surface area contributed by atoms with Crippen molar-refractivity contribution < 1.29 is 10.2 Å². The monoisotopic (exact) mass is 333 g/mol. The molecule has 3 heterocycles. The molecule has 0 aliphatic carbocycles.